The largest absolute Gasteiger partial charge is 0.380 e. The summed E-state index contributed by atoms with van der Waals surface area (Å²) >= 11 is 0. The van der Waals surface area contributed by atoms with Crippen LogP contribution in [0.25, 0.3) is 0 Å². The van der Waals surface area contributed by atoms with Crippen molar-refractivity contribution in [2.24, 2.45) is 0 Å². The zero-order valence-corrected chi connectivity index (χ0v) is 13.1. The number of likely N-dealkylation sites (N-methyl/N-ethyl adjacent to an activating group) is 1. The SMILES string of the molecule is CCC(=O)COCCCCOCCN1CCN(C)CC1. The summed E-state index contributed by atoms with van der Waals surface area (Å²) in [5.41, 5.74) is 0. The van der Waals surface area contributed by atoms with Crippen molar-refractivity contribution in [2.45, 2.75) is 26.2 Å². The molecule has 0 aromatic rings. The molecule has 1 rings (SSSR count). The lowest BCUT2D eigenvalue weighted by Crippen LogP contribution is -2.45. The van der Waals surface area contributed by atoms with Crippen LogP contribution in [0.15, 0.2) is 0 Å². The Kier molecular flexibility index (Phi) is 9.83. The topological polar surface area (TPSA) is 42.0 Å². The molecule has 0 spiro atoms. The van der Waals surface area contributed by atoms with Crippen molar-refractivity contribution in [1.82, 2.24) is 9.80 Å². The Hall–Kier alpha value is -0.490. The van der Waals surface area contributed by atoms with Gasteiger partial charge in [0.25, 0.3) is 0 Å². The van der Waals surface area contributed by atoms with Crippen LogP contribution in [0, 0.1) is 0 Å². The maximum atomic E-state index is 11.0. The second-order valence-electron chi connectivity index (χ2n) is 5.41. The molecule has 0 amide bonds. The molecule has 1 saturated heterocycles. The minimum atomic E-state index is 0.174. The van der Waals surface area contributed by atoms with Crippen molar-refractivity contribution in [1.29, 1.82) is 0 Å². The van der Waals surface area contributed by atoms with E-state index in [2.05, 4.69) is 16.8 Å². The van der Waals surface area contributed by atoms with Crippen LogP contribution in [-0.2, 0) is 14.3 Å². The molecular formula is C15H30N2O3. The molecule has 0 aromatic heterocycles. The highest BCUT2D eigenvalue weighted by Gasteiger charge is 2.12. The number of ketones is 1. The van der Waals surface area contributed by atoms with Gasteiger partial charge in [0.1, 0.15) is 6.61 Å². The summed E-state index contributed by atoms with van der Waals surface area (Å²) in [6, 6.07) is 0. The van der Waals surface area contributed by atoms with Gasteiger partial charge in [0.05, 0.1) is 6.61 Å². The third kappa shape index (κ3) is 8.64. The maximum Gasteiger partial charge on any atom is 0.158 e. The Morgan fingerprint density at radius 2 is 1.65 bits per heavy atom. The summed E-state index contributed by atoms with van der Waals surface area (Å²) < 4.78 is 10.9. The van der Waals surface area contributed by atoms with Gasteiger partial charge in [-0.15, -0.1) is 0 Å². The van der Waals surface area contributed by atoms with Crippen molar-refractivity contribution < 1.29 is 14.3 Å². The van der Waals surface area contributed by atoms with E-state index in [-0.39, 0.29) is 12.4 Å². The van der Waals surface area contributed by atoms with E-state index in [0.717, 1.165) is 58.8 Å². The Balaban J connectivity index is 1.80. The molecule has 1 heterocycles. The first kappa shape index (κ1) is 17.6. The monoisotopic (exact) mass is 286 g/mol. The number of hydrogen-bond acceptors (Lipinski definition) is 5. The smallest absolute Gasteiger partial charge is 0.158 e. The van der Waals surface area contributed by atoms with E-state index in [9.17, 15) is 4.79 Å². The number of Topliss-reactive ketones (excluding diaryl/α,β-unsaturated/α-hetero) is 1. The van der Waals surface area contributed by atoms with Crippen molar-refractivity contribution in [3.05, 3.63) is 0 Å². The number of hydrogen-bond donors (Lipinski definition) is 0. The molecule has 1 fully saturated rings. The van der Waals surface area contributed by atoms with Crippen molar-refractivity contribution in [2.75, 3.05) is 66.2 Å². The van der Waals surface area contributed by atoms with Crippen molar-refractivity contribution in [3.8, 4) is 0 Å². The van der Waals surface area contributed by atoms with Gasteiger partial charge in [-0.25, -0.2) is 0 Å². The minimum absolute atomic E-state index is 0.174. The highest BCUT2D eigenvalue weighted by molar-refractivity contribution is 5.79. The van der Waals surface area contributed by atoms with Gasteiger partial charge in [0.15, 0.2) is 5.78 Å². The lowest BCUT2D eigenvalue weighted by molar-refractivity contribution is -0.123. The van der Waals surface area contributed by atoms with Gasteiger partial charge in [-0.3, -0.25) is 9.69 Å². The van der Waals surface area contributed by atoms with E-state index < -0.39 is 0 Å². The van der Waals surface area contributed by atoms with Crippen molar-refractivity contribution >= 4 is 5.78 Å². The Bertz CT molecular complexity index is 254. The van der Waals surface area contributed by atoms with Crippen LogP contribution < -0.4 is 0 Å². The number of ether oxygens (including phenoxy) is 2. The summed E-state index contributed by atoms with van der Waals surface area (Å²) in [5.74, 6) is 0.174. The molecule has 20 heavy (non-hydrogen) atoms. The van der Waals surface area contributed by atoms with E-state index in [0.29, 0.717) is 13.0 Å². The fraction of sp³-hybridized carbons (Fsp3) is 0.933. The van der Waals surface area contributed by atoms with Gasteiger partial charge < -0.3 is 14.4 Å². The number of piperazine rings is 1. The van der Waals surface area contributed by atoms with E-state index in [4.69, 9.17) is 9.47 Å². The second-order valence-corrected chi connectivity index (χ2v) is 5.41. The fourth-order valence-electron chi connectivity index (χ4n) is 2.06. The number of carbonyl (C=O) groups excluding carboxylic acids is 1. The molecule has 0 unspecified atom stereocenters. The third-order valence-electron chi connectivity index (χ3n) is 3.63. The van der Waals surface area contributed by atoms with Gasteiger partial charge >= 0.3 is 0 Å². The average Bonchev–Trinajstić information content (AvgIpc) is 2.47. The van der Waals surface area contributed by atoms with Crippen LogP contribution in [0.5, 0.6) is 0 Å². The Labute approximate surface area is 123 Å². The Morgan fingerprint density at radius 1 is 1.00 bits per heavy atom. The first-order valence-corrected chi connectivity index (χ1v) is 7.80. The second kappa shape index (κ2) is 11.2. The lowest BCUT2D eigenvalue weighted by Gasteiger charge is -2.32. The lowest BCUT2D eigenvalue weighted by atomic mass is 10.3. The molecule has 1 aliphatic rings. The summed E-state index contributed by atoms with van der Waals surface area (Å²) in [6.07, 6.45) is 2.53. The normalized spacial score (nSPS) is 17.5. The van der Waals surface area contributed by atoms with Gasteiger partial charge in [-0.2, -0.15) is 0 Å². The van der Waals surface area contributed by atoms with Crippen LogP contribution in [0.4, 0.5) is 0 Å². The molecule has 1 aliphatic heterocycles. The number of carbonyl (C=O) groups is 1. The summed E-state index contributed by atoms with van der Waals surface area (Å²) in [4.78, 5) is 15.8. The summed E-state index contributed by atoms with van der Waals surface area (Å²) in [6.45, 7) is 10.1. The first-order valence-electron chi connectivity index (χ1n) is 7.80. The standard InChI is InChI=1S/C15H30N2O3/c1-3-15(18)14-20-12-5-4-11-19-13-10-17-8-6-16(2)7-9-17/h3-14H2,1-2H3. The van der Waals surface area contributed by atoms with E-state index in [1.54, 1.807) is 0 Å². The van der Waals surface area contributed by atoms with E-state index in [1.165, 1.54) is 0 Å². The average molecular weight is 286 g/mol. The van der Waals surface area contributed by atoms with Gasteiger partial charge in [0, 0.05) is 52.4 Å². The number of nitrogens with zero attached hydrogens (tertiary/aromatic N) is 2. The van der Waals surface area contributed by atoms with Crippen LogP contribution >= 0.6 is 0 Å². The molecular weight excluding hydrogens is 256 g/mol. The highest BCUT2D eigenvalue weighted by Crippen LogP contribution is 1.99. The molecule has 0 radical (unpaired) electrons. The molecule has 0 N–H and O–H groups in total. The van der Waals surface area contributed by atoms with Crippen molar-refractivity contribution in [3.63, 3.8) is 0 Å². The maximum absolute atomic E-state index is 11.0. The number of rotatable bonds is 11. The van der Waals surface area contributed by atoms with Crippen LogP contribution in [0.1, 0.15) is 26.2 Å². The molecule has 0 bridgehead atoms. The van der Waals surface area contributed by atoms with Gasteiger partial charge in [-0.1, -0.05) is 6.92 Å². The molecule has 0 aromatic carbocycles. The van der Waals surface area contributed by atoms with Crippen LogP contribution in [0.2, 0.25) is 0 Å². The predicted molar refractivity (Wildman–Crippen MR) is 80.1 cm³/mol. The van der Waals surface area contributed by atoms with Crippen LogP contribution in [-0.4, -0.2) is 81.8 Å². The molecule has 118 valence electrons. The van der Waals surface area contributed by atoms with E-state index in [1.807, 2.05) is 6.92 Å². The molecule has 0 saturated carbocycles. The highest BCUT2D eigenvalue weighted by atomic mass is 16.5. The summed E-state index contributed by atoms with van der Waals surface area (Å²) in [7, 11) is 2.17. The van der Waals surface area contributed by atoms with Gasteiger partial charge in [0.2, 0.25) is 0 Å². The quantitative estimate of drug-likeness (QED) is 0.531. The third-order valence-corrected chi connectivity index (χ3v) is 3.63. The fourth-order valence-corrected chi connectivity index (χ4v) is 2.06. The zero-order chi connectivity index (χ0) is 14.6. The minimum Gasteiger partial charge on any atom is -0.380 e. The van der Waals surface area contributed by atoms with Gasteiger partial charge in [-0.05, 0) is 19.9 Å². The molecule has 5 nitrogen and oxygen atoms in total. The first-order chi connectivity index (χ1) is 9.72. The Morgan fingerprint density at radius 3 is 2.30 bits per heavy atom. The number of unbranched alkanes of at least 4 members (excludes halogenated alkanes) is 1. The summed E-state index contributed by atoms with van der Waals surface area (Å²) in [5, 5.41) is 0. The predicted octanol–water partition coefficient (Wildman–Crippen LogP) is 1.03. The zero-order valence-electron chi connectivity index (χ0n) is 13.1. The molecule has 0 atom stereocenters. The molecule has 0 aliphatic carbocycles. The molecule has 5 heteroatoms. The van der Waals surface area contributed by atoms with E-state index >= 15 is 0 Å². The van der Waals surface area contributed by atoms with Crippen LogP contribution in [0.3, 0.4) is 0 Å².